The van der Waals surface area contributed by atoms with Crippen LogP contribution >= 0.6 is 0 Å². The molecule has 0 aliphatic heterocycles. The van der Waals surface area contributed by atoms with Gasteiger partial charge in [0.05, 0.1) is 5.56 Å². The zero-order valence-electron chi connectivity index (χ0n) is 12.3. The maximum atomic E-state index is 12.2. The Morgan fingerprint density at radius 1 is 1.25 bits per heavy atom. The predicted molar refractivity (Wildman–Crippen MR) is 76.5 cm³/mol. The number of rotatable bonds is 2. The van der Waals surface area contributed by atoms with E-state index in [9.17, 15) is 9.90 Å². The minimum atomic E-state index is -0.278. The zero-order valence-corrected chi connectivity index (χ0v) is 12.3. The van der Waals surface area contributed by atoms with E-state index in [1.54, 1.807) is 12.1 Å². The Morgan fingerprint density at radius 2 is 1.90 bits per heavy atom. The van der Waals surface area contributed by atoms with Crippen molar-refractivity contribution < 1.29 is 14.6 Å². The molecular weight excluding hydrogens is 252 g/mol. The van der Waals surface area contributed by atoms with E-state index in [0.29, 0.717) is 11.5 Å². The fraction of sp³-hybridized carbons (Fsp3) is 0.588. The van der Waals surface area contributed by atoms with Crippen molar-refractivity contribution in [1.29, 1.82) is 0 Å². The lowest BCUT2D eigenvalue weighted by atomic mass is 9.70. The van der Waals surface area contributed by atoms with E-state index in [1.165, 1.54) is 18.6 Å². The monoisotopic (exact) mass is 274 g/mol. The first kappa shape index (κ1) is 13.5. The van der Waals surface area contributed by atoms with Crippen molar-refractivity contribution in [2.75, 3.05) is 0 Å². The number of hydrogen-bond acceptors (Lipinski definition) is 3. The largest absolute Gasteiger partial charge is 0.508 e. The molecular formula is C17H22O3. The van der Waals surface area contributed by atoms with Gasteiger partial charge in [-0.2, -0.15) is 0 Å². The first-order chi connectivity index (χ1) is 9.34. The molecule has 1 aromatic carbocycles. The van der Waals surface area contributed by atoms with Crippen molar-refractivity contribution in [3.63, 3.8) is 0 Å². The highest BCUT2D eigenvalue weighted by molar-refractivity contribution is 5.89. The molecule has 1 aromatic rings. The van der Waals surface area contributed by atoms with Crippen molar-refractivity contribution in [2.45, 2.75) is 46.1 Å². The highest BCUT2D eigenvalue weighted by Gasteiger charge is 2.62. The van der Waals surface area contributed by atoms with Gasteiger partial charge in [0.2, 0.25) is 0 Å². The van der Waals surface area contributed by atoms with Crippen molar-refractivity contribution in [3.8, 4) is 5.75 Å². The summed E-state index contributed by atoms with van der Waals surface area (Å²) in [6.07, 6.45) is 3.37. The summed E-state index contributed by atoms with van der Waals surface area (Å²) < 4.78 is 5.79. The van der Waals surface area contributed by atoms with Crippen molar-refractivity contribution in [2.24, 2.45) is 16.7 Å². The molecule has 108 valence electrons. The normalized spacial score (nSPS) is 34.1. The van der Waals surface area contributed by atoms with E-state index >= 15 is 0 Å². The summed E-state index contributed by atoms with van der Waals surface area (Å²) in [5.74, 6) is 0.541. The Morgan fingerprint density at radius 3 is 2.40 bits per heavy atom. The van der Waals surface area contributed by atoms with E-state index in [2.05, 4.69) is 20.8 Å². The van der Waals surface area contributed by atoms with Crippen LogP contribution in [0.3, 0.4) is 0 Å². The van der Waals surface area contributed by atoms with E-state index in [1.807, 2.05) is 0 Å². The number of hydrogen-bond donors (Lipinski definition) is 1. The number of benzene rings is 1. The van der Waals surface area contributed by atoms with Crippen LogP contribution in [0.2, 0.25) is 0 Å². The van der Waals surface area contributed by atoms with Gasteiger partial charge in [-0.05, 0) is 54.9 Å². The van der Waals surface area contributed by atoms with Gasteiger partial charge in [0.15, 0.2) is 0 Å². The molecule has 0 heterocycles. The van der Waals surface area contributed by atoms with Gasteiger partial charge >= 0.3 is 5.97 Å². The second kappa shape index (κ2) is 4.24. The van der Waals surface area contributed by atoms with Crippen LogP contribution in [0, 0.1) is 16.7 Å². The quantitative estimate of drug-likeness (QED) is 0.835. The highest BCUT2D eigenvalue weighted by Crippen LogP contribution is 2.66. The number of carbonyl (C=O) groups is 1. The summed E-state index contributed by atoms with van der Waals surface area (Å²) in [6, 6.07) is 6.25. The molecule has 2 aliphatic carbocycles. The molecule has 2 saturated carbocycles. The van der Waals surface area contributed by atoms with Gasteiger partial charge in [-0.25, -0.2) is 4.79 Å². The Labute approximate surface area is 120 Å². The molecule has 0 aromatic heterocycles. The standard InChI is InChI=1S/C17H22O3/c1-16(2)12-8-9-17(16,3)14(10-12)20-15(19)11-4-6-13(18)7-5-11/h4-7,12,14,18H,8-10H2,1-3H3/t12-,14-,17+/m1/s1. The number of aromatic hydroxyl groups is 1. The molecule has 2 fully saturated rings. The van der Waals surface area contributed by atoms with Gasteiger partial charge in [0, 0.05) is 5.41 Å². The smallest absolute Gasteiger partial charge is 0.338 e. The molecule has 0 spiro atoms. The van der Waals surface area contributed by atoms with Gasteiger partial charge in [-0.1, -0.05) is 20.8 Å². The molecule has 0 amide bonds. The van der Waals surface area contributed by atoms with Crippen molar-refractivity contribution >= 4 is 5.97 Å². The lowest BCUT2D eigenvalue weighted by molar-refractivity contribution is -0.0242. The molecule has 3 heteroatoms. The van der Waals surface area contributed by atoms with Crippen LogP contribution in [-0.2, 0) is 4.74 Å². The minimum absolute atomic E-state index is 0.0116. The third kappa shape index (κ3) is 1.75. The number of carbonyl (C=O) groups excluding carboxylic acids is 1. The number of fused-ring (bicyclic) bond motifs is 2. The van der Waals surface area contributed by atoms with Crippen LogP contribution in [0.15, 0.2) is 24.3 Å². The van der Waals surface area contributed by atoms with E-state index < -0.39 is 0 Å². The number of esters is 1. The highest BCUT2D eigenvalue weighted by atomic mass is 16.5. The summed E-state index contributed by atoms with van der Waals surface area (Å²) in [6.45, 7) is 6.87. The summed E-state index contributed by atoms with van der Waals surface area (Å²) in [4.78, 5) is 12.2. The van der Waals surface area contributed by atoms with Gasteiger partial charge in [0.1, 0.15) is 11.9 Å². The maximum absolute atomic E-state index is 12.2. The molecule has 1 N–H and O–H groups in total. The summed E-state index contributed by atoms with van der Waals surface area (Å²) in [7, 11) is 0. The Kier molecular flexibility index (Phi) is 2.86. The van der Waals surface area contributed by atoms with Gasteiger partial charge in [-0.3, -0.25) is 0 Å². The fourth-order valence-corrected chi connectivity index (χ4v) is 4.10. The topological polar surface area (TPSA) is 46.5 Å². The Hall–Kier alpha value is -1.51. The maximum Gasteiger partial charge on any atom is 0.338 e. The lowest BCUT2D eigenvalue weighted by Gasteiger charge is -2.38. The van der Waals surface area contributed by atoms with Crippen molar-refractivity contribution in [1.82, 2.24) is 0 Å². The molecule has 3 atom stereocenters. The Balaban J connectivity index is 1.76. The van der Waals surface area contributed by atoms with E-state index in [-0.39, 0.29) is 28.7 Å². The third-order valence-corrected chi connectivity index (χ3v) is 6.07. The minimum Gasteiger partial charge on any atom is -0.508 e. The predicted octanol–water partition coefficient (Wildman–Crippen LogP) is 3.76. The first-order valence-electron chi connectivity index (χ1n) is 7.34. The van der Waals surface area contributed by atoms with Crippen LogP contribution in [0.4, 0.5) is 0 Å². The average Bonchev–Trinajstić information content (AvgIpc) is 2.72. The molecule has 20 heavy (non-hydrogen) atoms. The fourth-order valence-electron chi connectivity index (χ4n) is 4.10. The molecule has 0 saturated heterocycles. The molecule has 2 aliphatic rings. The second-order valence-corrected chi connectivity index (χ2v) is 7.05. The third-order valence-electron chi connectivity index (χ3n) is 6.07. The molecule has 0 radical (unpaired) electrons. The van der Waals surface area contributed by atoms with Gasteiger partial charge in [0.25, 0.3) is 0 Å². The number of phenolic OH excluding ortho intramolecular Hbond substituents is 1. The Bertz CT molecular complexity index is 532. The van der Waals surface area contributed by atoms with E-state index in [0.717, 1.165) is 12.8 Å². The summed E-state index contributed by atoms with van der Waals surface area (Å²) >= 11 is 0. The summed E-state index contributed by atoms with van der Waals surface area (Å²) in [5.41, 5.74) is 0.837. The van der Waals surface area contributed by atoms with Crippen LogP contribution in [-0.4, -0.2) is 17.2 Å². The summed E-state index contributed by atoms with van der Waals surface area (Å²) in [5, 5.41) is 9.27. The zero-order chi connectivity index (χ0) is 14.5. The number of phenols is 1. The lowest BCUT2D eigenvalue weighted by Crippen LogP contribution is -2.38. The molecule has 2 bridgehead atoms. The van der Waals surface area contributed by atoms with Crippen LogP contribution in [0.1, 0.15) is 50.4 Å². The molecule has 0 unspecified atom stereocenters. The van der Waals surface area contributed by atoms with Gasteiger partial charge < -0.3 is 9.84 Å². The first-order valence-corrected chi connectivity index (χ1v) is 7.34. The van der Waals surface area contributed by atoms with Crippen LogP contribution in [0.25, 0.3) is 0 Å². The van der Waals surface area contributed by atoms with Crippen LogP contribution < -0.4 is 0 Å². The molecule has 3 nitrogen and oxygen atoms in total. The second-order valence-electron chi connectivity index (χ2n) is 7.05. The number of ether oxygens (including phenoxy) is 1. The molecule has 3 rings (SSSR count). The SMILES string of the molecule is CC1(C)[C@@H]2CC[C@@]1(C)[C@H](OC(=O)c1ccc(O)cc1)C2. The van der Waals surface area contributed by atoms with E-state index in [4.69, 9.17) is 4.74 Å². The van der Waals surface area contributed by atoms with Gasteiger partial charge in [-0.15, -0.1) is 0 Å². The van der Waals surface area contributed by atoms with Crippen molar-refractivity contribution in [3.05, 3.63) is 29.8 Å². The average molecular weight is 274 g/mol. The van der Waals surface area contributed by atoms with Crippen LogP contribution in [0.5, 0.6) is 5.75 Å².